The molecule has 1 unspecified atom stereocenters. The standard InChI is InChI=1S/C12H26O2S/c1-6-7-8-11(2)12(13)14-9-10-15(3,4)5/h11H,6-10H2,1-5H3. The molecule has 1 atom stereocenters. The summed E-state index contributed by atoms with van der Waals surface area (Å²) in [5.41, 5.74) is 0. The van der Waals surface area contributed by atoms with Gasteiger partial charge in [0.2, 0.25) is 0 Å². The predicted molar refractivity (Wildman–Crippen MR) is 69.9 cm³/mol. The molecule has 0 spiro atoms. The van der Waals surface area contributed by atoms with Crippen LogP contribution in [0.15, 0.2) is 0 Å². The van der Waals surface area contributed by atoms with Gasteiger partial charge in [-0.2, -0.15) is 0 Å². The van der Waals surface area contributed by atoms with Crippen molar-refractivity contribution in [3.05, 3.63) is 0 Å². The van der Waals surface area contributed by atoms with Crippen molar-refractivity contribution in [2.45, 2.75) is 33.1 Å². The summed E-state index contributed by atoms with van der Waals surface area (Å²) in [6.07, 6.45) is 9.92. The number of carbonyl (C=O) groups is 1. The van der Waals surface area contributed by atoms with Gasteiger partial charge in [0.05, 0.1) is 12.5 Å². The van der Waals surface area contributed by atoms with Crippen molar-refractivity contribution in [2.24, 2.45) is 5.92 Å². The molecule has 0 aliphatic heterocycles. The average Bonchev–Trinajstić information content (AvgIpc) is 2.11. The van der Waals surface area contributed by atoms with Gasteiger partial charge >= 0.3 is 5.97 Å². The molecule has 15 heavy (non-hydrogen) atoms. The molecule has 0 rings (SSSR count). The van der Waals surface area contributed by atoms with Crippen LogP contribution in [0, 0.1) is 5.92 Å². The van der Waals surface area contributed by atoms with Crippen LogP contribution < -0.4 is 0 Å². The van der Waals surface area contributed by atoms with Crippen LogP contribution in [0.4, 0.5) is 0 Å². The van der Waals surface area contributed by atoms with E-state index in [-0.39, 0.29) is 11.9 Å². The SMILES string of the molecule is CCCCC(C)C(=O)OCCS(C)(C)C. The minimum absolute atomic E-state index is 0.0212. The number of hydrogen-bond acceptors (Lipinski definition) is 2. The van der Waals surface area contributed by atoms with Crippen LogP contribution in [0.3, 0.4) is 0 Å². The van der Waals surface area contributed by atoms with Crippen LogP contribution >= 0.6 is 10.0 Å². The first-order valence-electron chi connectivity index (χ1n) is 5.69. The van der Waals surface area contributed by atoms with E-state index in [0.717, 1.165) is 25.0 Å². The summed E-state index contributed by atoms with van der Waals surface area (Å²) < 4.78 is 5.26. The molecule has 0 N–H and O–H groups in total. The zero-order valence-corrected chi connectivity index (χ0v) is 11.7. The fourth-order valence-corrected chi connectivity index (χ4v) is 1.75. The molecule has 92 valence electrons. The number of unbranched alkanes of at least 4 members (excludes halogenated alkanes) is 1. The van der Waals surface area contributed by atoms with Crippen molar-refractivity contribution in [3.63, 3.8) is 0 Å². The van der Waals surface area contributed by atoms with E-state index < -0.39 is 10.0 Å². The Bertz CT molecular complexity index is 185. The van der Waals surface area contributed by atoms with Crippen molar-refractivity contribution < 1.29 is 9.53 Å². The summed E-state index contributed by atoms with van der Waals surface area (Å²) in [5, 5.41) is 0. The number of esters is 1. The summed E-state index contributed by atoms with van der Waals surface area (Å²) in [6.45, 7) is 4.69. The van der Waals surface area contributed by atoms with Gasteiger partial charge < -0.3 is 4.74 Å². The van der Waals surface area contributed by atoms with E-state index in [2.05, 4.69) is 25.7 Å². The normalized spacial score (nSPS) is 14.7. The largest absolute Gasteiger partial charge is 0.465 e. The highest BCUT2D eigenvalue weighted by molar-refractivity contribution is 8.32. The number of hydrogen-bond donors (Lipinski definition) is 0. The molecule has 0 heterocycles. The molecule has 0 saturated heterocycles. The third kappa shape index (κ3) is 8.79. The van der Waals surface area contributed by atoms with Gasteiger partial charge in [0, 0.05) is 5.75 Å². The van der Waals surface area contributed by atoms with Gasteiger partial charge in [-0.15, -0.1) is 0 Å². The topological polar surface area (TPSA) is 26.3 Å². The molecule has 0 aromatic rings. The van der Waals surface area contributed by atoms with Gasteiger partial charge in [-0.05, 0) is 25.2 Å². The second kappa shape index (κ2) is 7.15. The minimum Gasteiger partial charge on any atom is -0.465 e. The summed E-state index contributed by atoms with van der Waals surface area (Å²) >= 11 is 0. The van der Waals surface area contributed by atoms with Crippen LogP contribution in [-0.2, 0) is 9.53 Å². The van der Waals surface area contributed by atoms with E-state index in [4.69, 9.17) is 4.74 Å². The quantitative estimate of drug-likeness (QED) is 0.633. The highest BCUT2D eigenvalue weighted by Crippen LogP contribution is 2.33. The van der Waals surface area contributed by atoms with E-state index in [1.165, 1.54) is 0 Å². The highest BCUT2D eigenvalue weighted by atomic mass is 32.3. The highest BCUT2D eigenvalue weighted by Gasteiger charge is 2.14. The Morgan fingerprint density at radius 3 is 2.40 bits per heavy atom. The van der Waals surface area contributed by atoms with E-state index >= 15 is 0 Å². The molecule has 0 aromatic heterocycles. The van der Waals surface area contributed by atoms with E-state index in [1.54, 1.807) is 0 Å². The Morgan fingerprint density at radius 1 is 1.33 bits per heavy atom. The van der Waals surface area contributed by atoms with E-state index in [0.29, 0.717) is 6.61 Å². The number of carbonyl (C=O) groups excluding carboxylic acids is 1. The zero-order valence-electron chi connectivity index (χ0n) is 10.8. The van der Waals surface area contributed by atoms with Gasteiger partial charge in [-0.25, -0.2) is 10.0 Å². The van der Waals surface area contributed by atoms with Gasteiger partial charge in [0.25, 0.3) is 0 Å². The Kier molecular flexibility index (Phi) is 7.07. The Labute approximate surface area is 96.1 Å². The maximum absolute atomic E-state index is 11.5. The molecule has 0 bridgehead atoms. The lowest BCUT2D eigenvalue weighted by molar-refractivity contribution is -0.147. The Balaban J connectivity index is 3.64. The third-order valence-electron chi connectivity index (χ3n) is 2.33. The van der Waals surface area contributed by atoms with Crippen LogP contribution in [0.1, 0.15) is 33.1 Å². The molecule has 0 aliphatic rings. The lowest BCUT2D eigenvalue weighted by Gasteiger charge is -2.24. The summed E-state index contributed by atoms with van der Waals surface area (Å²) in [5.74, 6) is 1.06. The van der Waals surface area contributed by atoms with Crippen molar-refractivity contribution in [3.8, 4) is 0 Å². The van der Waals surface area contributed by atoms with Gasteiger partial charge in [0.1, 0.15) is 0 Å². The molecule has 0 aromatic carbocycles. The lowest BCUT2D eigenvalue weighted by Crippen LogP contribution is -2.18. The van der Waals surface area contributed by atoms with Crippen LogP contribution in [-0.4, -0.2) is 37.1 Å². The first-order chi connectivity index (χ1) is 6.87. The smallest absolute Gasteiger partial charge is 0.308 e. The zero-order chi connectivity index (χ0) is 11.9. The molecule has 0 aliphatic carbocycles. The van der Waals surface area contributed by atoms with Gasteiger partial charge in [-0.3, -0.25) is 4.79 Å². The number of ether oxygens (including phenoxy) is 1. The summed E-state index contributed by atoms with van der Waals surface area (Å²) in [6, 6.07) is 0. The molecule has 0 radical (unpaired) electrons. The van der Waals surface area contributed by atoms with Crippen LogP contribution in [0.5, 0.6) is 0 Å². The van der Waals surface area contributed by atoms with E-state index in [9.17, 15) is 4.79 Å². The molecule has 2 nitrogen and oxygen atoms in total. The lowest BCUT2D eigenvalue weighted by atomic mass is 10.1. The Morgan fingerprint density at radius 2 is 1.93 bits per heavy atom. The van der Waals surface area contributed by atoms with Gasteiger partial charge in [0.15, 0.2) is 0 Å². The van der Waals surface area contributed by atoms with Crippen LogP contribution in [0.25, 0.3) is 0 Å². The summed E-state index contributed by atoms with van der Waals surface area (Å²) in [7, 11) is -0.540. The first-order valence-corrected chi connectivity index (χ1v) is 8.72. The fourth-order valence-electron chi connectivity index (χ4n) is 1.16. The summed E-state index contributed by atoms with van der Waals surface area (Å²) in [4.78, 5) is 11.5. The minimum atomic E-state index is -0.540. The molecule has 3 heteroatoms. The average molecular weight is 234 g/mol. The third-order valence-corrected chi connectivity index (χ3v) is 3.72. The maximum atomic E-state index is 11.5. The van der Waals surface area contributed by atoms with Crippen molar-refractivity contribution in [1.29, 1.82) is 0 Å². The molecular weight excluding hydrogens is 208 g/mol. The monoisotopic (exact) mass is 234 g/mol. The predicted octanol–water partition coefficient (Wildman–Crippen LogP) is 3.05. The van der Waals surface area contributed by atoms with Crippen molar-refractivity contribution in [1.82, 2.24) is 0 Å². The van der Waals surface area contributed by atoms with Crippen molar-refractivity contribution >= 4 is 16.0 Å². The van der Waals surface area contributed by atoms with Gasteiger partial charge in [-0.1, -0.05) is 26.7 Å². The molecule has 0 fully saturated rings. The second-order valence-corrected chi connectivity index (χ2v) is 9.60. The van der Waals surface area contributed by atoms with Crippen molar-refractivity contribution in [2.75, 3.05) is 31.1 Å². The fraction of sp³-hybridized carbons (Fsp3) is 0.917. The second-order valence-electron chi connectivity index (χ2n) is 5.01. The number of rotatable bonds is 7. The molecule has 0 amide bonds. The van der Waals surface area contributed by atoms with Crippen LogP contribution in [0.2, 0.25) is 0 Å². The Hall–Kier alpha value is -0.180. The van der Waals surface area contributed by atoms with E-state index in [1.807, 2.05) is 6.92 Å². The molecule has 0 saturated carbocycles. The molecular formula is C12H26O2S. The first kappa shape index (κ1) is 14.8. The maximum Gasteiger partial charge on any atom is 0.308 e.